The van der Waals surface area contributed by atoms with E-state index in [0.29, 0.717) is 0 Å². The van der Waals surface area contributed by atoms with Crippen LogP contribution in [0.4, 0.5) is 0 Å². The molecule has 62 valence electrons. The quantitative estimate of drug-likeness (QED) is 0.546. The van der Waals surface area contributed by atoms with Gasteiger partial charge in [-0.3, -0.25) is 0 Å². The fourth-order valence-corrected chi connectivity index (χ4v) is 1.61. The van der Waals surface area contributed by atoms with Gasteiger partial charge in [0, 0.05) is 11.6 Å². The zero-order valence-corrected chi connectivity index (χ0v) is 6.91. The van der Waals surface area contributed by atoms with Gasteiger partial charge < -0.3 is 4.98 Å². The molecule has 0 bridgehead atoms. The number of aromatic amines is 2. The Labute approximate surface area is 74.4 Å². The van der Waals surface area contributed by atoms with Crippen LogP contribution in [-0.2, 0) is 0 Å². The van der Waals surface area contributed by atoms with Gasteiger partial charge in [-0.1, -0.05) is 6.07 Å². The molecule has 3 aromatic heterocycles. The Morgan fingerprint density at radius 1 is 1.23 bits per heavy atom. The van der Waals surface area contributed by atoms with E-state index in [2.05, 4.69) is 21.0 Å². The monoisotopic (exact) mass is 170 g/mol. The minimum absolute atomic E-state index is 0.937. The lowest BCUT2D eigenvalue weighted by Crippen LogP contribution is -2.02. The molecule has 0 spiro atoms. The van der Waals surface area contributed by atoms with Crippen LogP contribution in [0.15, 0.2) is 36.8 Å². The average molecular weight is 170 g/mol. The molecule has 3 heteroatoms. The van der Waals surface area contributed by atoms with Crippen molar-refractivity contribution in [1.82, 2.24) is 9.97 Å². The molecule has 0 atom stereocenters. The molecular formula is C10H8N3+. The number of hydrogen-bond acceptors (Lipinski definition) is 1. The second-order valence-corrected chi connectivity index (χ2v) is 2.99. The topological polar surface area (TPSA) is 42.8 Å². The summed E-state index contributed by atoms with van der Waals surface area (Å²) in [5.74, 6) is 0. The summed E-state index contributed by atoms with van der Waals surface area (Å²) in [5.41, 5.74) is 2.04. The second kappa shape index (κ2) is 2.29. The van der Waals surface area contributed by atoms with E-state index in [1.165, 1.54) is 5.39 Å². The van der Waals surface area contributed by atoms with Crippen molar-refractivity contribution in [2.45, 2.75) is 0 Å². The van der Waals surface area contributed by atoms with E-state index in [0.717, 1.165) is 16.6 Å². The van der Waals surface area contributed by atoms with E-state index >= 15 is 0 Å². The Hall–Kier alpha value is -1.90. The van der Waals surface area contributed by atoms with Gasteiger partial charge >= 0.3 is 5.65 Å². The summed E-state index contributed by atoms with van der Waals surface area (Å²) in [5, 5.41) is 2.36. The normalized spacial score (nSPS) is 11.1. The van der Waals surface area contributed by atoms with Crippen LogP contribution in [0.1, 0.15) is 0 Å². The molecule has 3 rings (SSSR count). The first-order chi connectivity index (χ1) is 6.45. The maximum Gasteiger partial charge on any atom is 0.328 e. The summed E-state index contributed by atoms with van der Waals surface area (Å²) >= 11 is 0. The van der Waals surface area contributed by atoms with Crippen molar-refractivity contribution in [1.29, 1.82) is 0 Å². The van der Waals surface area contributed by atoms with Crippen molar-refractivity contribution in [3.05, 3.63) is 36.8 Å². The van der Waals surface area contributed by atoms with Gasteiger partial charge in [-0.2, -0.15) is 0 Å². The number of H-pyrrole nitrogens is 2. The van der Waals surface area contributed by atoms with Gasteiger partial charge in [0.2, 0.25) is 0 Å². The van der Waals surface area contributed by atoms with Crippen LogP contribution in [0.5, 0.6) is 0 Å². The zero-order valence-electron chi connectivity index (χ0n) is 6.91. The highest BCUT2D eigenvalue weighted by Gasteiger charge is 2.07. The van der Waals surface area contributed by atoms with Crippen molar-refractivity contribution >= 4 is 21.9 Å². The highest BCUT2D eigenvalue weighted by Crippen LogP contribution is 2.18. The molecule has 0 saturated carbocycles. The van der Waals surface area contributed by atoms with Crippen LogP contribution >= 0.6 is 0 Å². The summed E-state index contributed by atoms with van der Waals surface area (Å²) < 4.78 is 0. The van der Waals surface area contributed by atoms with Crippen molar-refractivity contribution in [2.24, 2.45) is 0 Å². The Kier molecular flexibility index (Phi) is 1.16. The molecule has 0 aliphatic carbocycles. The molecule has 3 aromatic rings. The van der Waals surface area contributed by atoms with E-state index in [1.54, 1.807) is 0 Å². The van der Waals surface area contributed by atoms with E-state index < -0.39 is 0 Å². The molecule has 3 heterocycles. The maximum atomic E-state index is 4.20. The summed E-state index contributed by atoms with van der Waals surface area (Å²) in [7, 11) is 0. The number of aromatic nitrogens is 3. The average Bonchev–Trinajstić information content (AvgIpc) is 2.65. The first kappa shape index (κ1) is 6.60. The van der Waals surface area contributed by atoms with Crippen molar-refractivity contribution in [2.75, 3.05) is 0 Å². The number of nitrogens with one attached hydrogen (secondary N) is 2. The molecule has 13 heavy (non-hydrogen) atoms. The summed E-state index contributed by atoms with van der Waals surface area (Å²) in [6, 6.07) is 6.10. The molecule has 0 unspecified atom stereocenters. The fraction of sp³-hybridized carbons (Fsp3) is 0. The van der Waals surface area contributed by atoms with Gasteiger partial charge in [-0.15, -0.1) is 0 Å². The summed E-state index contributed by atoms with van der Waals surface area (Å²) in [6.45, 7) is 0. The third-order valence-electron chi connectivity index (χ3n) is 2.23. The Balaban J connectivity index is 2.65. The predicted molar refractivity (Wildman–Crippen MR) is 50.2 cm³/mol. The number of nitrogens with zero attached hydrogens (tertiary/aromatic N) is 1. The minimum atomic E-state index is 0.937. The van der Waals surface area contributed by atoms with E-state index in [9.17, 15) is 0 Å². The fourth-order valence-electron chi connectivity index (χ4n) is 1.61. The molecular weight excluding hydrogens is 162 g/mol. The molecule has 0 saturated heterocycles. The van der Waals surface area contributed by atoms with Crippen molar-refractivity contribution in [3.8, 4) is 0 Å². The van der Waals surface area contributed by atoms with Gasteiger partial charge in [0.05, 0.1) is 10.9 Å². The zero-order chi connectivity index (χ0) is 8.67. The van der Waals surface area contributed by atoms with Gasteiger partial charge in [0.15, 0.2) is 0 Å². The van der Waals surface area contributed by atoms with Crippen LogP contribution in [0, 0.1) is 0 Å². The summed E-state index contributed by atoms with van der Waals surface area (Å²) in [4.78, 5) is 10.5. The SMILES string of the molecule is c1c[nH]c2c[nH+]c3nccc3c2c1. The molecule has 0 aliphatic heterocycles. The third kappa shape index (κ3) is 0.839. The maximum absolute atomic E-state index is 4.20. The first-order valence-corrected chi connectivity index (χ1v) is 4.18. The van der Waals surface area contributed by atoms with Gasteiger partial charge in [-0.25, -0.2) is 4.98 Å². The van der Waals surface area contributed by atoms with Crippen LogP contribution < -0.4 is 4.98 Å². The van der Waals surface area contributed by atoms with Crippen LogP contribution in [0.25, 0.3) is 21.9 Å². The van der Waals surface area contributed by atoms with Gasteiger partial charge in [-0.05, 0) is 17.1 Å². The molecule has 0 aliphatic rings. The third-order valence-corrected chi connectivity index (χ3v) is 2.23. The first-order valence-electron chi connectivity index (χ1n) is 4.18. The highest BCUT2D eigenvalue weighted by molar-refractivity contribution is 6.01. The number of fused-ring (bicyclic) bond motifs is 3. The lowest BCUT2D eigenvalue weighted by atomic mass is 10.2. The highest BCUT2D eigenvalue weighted by atomic mass is 14.8. The minimum Gasteiger partial charge on any atom is -0.358 e. The van der Waals surface area contributed by atoms with Crippen molar-refractivity contribution in [3.63, 3.8) is 0 Å². The molecule has 2 N–H and O–H groups in total. The molecule has 0 radical (unpaired) electrons. The number of hydrogen-bond donors (Lipinski definition) is 1. The lowest BCUT2D eigenvalue weighted by molar-refractivity contribution is -0.345. The molecule has 3 nitrogen and oxygen atoms in total. The molecule has 0 aromatic carbocycles. The summed E-state index contributed by atoms with van der Waals surface area (Å²) in [6.07, 6.45) is 5.66. The van der Waals surface area contributed by atoms with Gasteiger partial charge in [0.1, 0.15) is 12.4 Å². The Morgan fingerprint density at radius 3 is 3.23 bits per heavy atom. The smallest absolute Gasteiger partial charge is 0.328 e. The number of pyridine rings is 2. The van der Waals surface area contributed by atoms with Gasteiger partial charge in [0.25, 0.3) is 0 Å². The largest absolute Gasteiger partial charge is 0.358 e. The molecule has 0 amide bonds. The Bertz CT molecular complexity index is 568. The van der Waals surface area contributed by atoms with Crippen molar-refractivity contribution < 1.29 is 4.98 Å². The van der Waals surface area contributed by atoms with Crippen LogP contribution in [0.3, 0.4) is 0 Å². The second-order valence-electron chi connectivity index (χ2n) is 2.99. The van der Waals surface area contributed by atoms with E-state index in [4.69, 9.17) is 0 Å². The van der Waals surface area contributed by atoms with E-state index in [1.807, 2.05) is 30.7 Å². The lowest BCUT2D eigenvalue weighted by Gasteiger charge is -1.94. The standard InChI is InChI=1S/C10H7N3/c1-2-7-8-3-5-12-10(8)13-6-9(7)11-4-1/h1-6,11H/p+1. The van der Waals surface area contributed by atoms with E-state index in [-0.39, 0.29) is 0 Å². The molecule has 0 fully saturated rings. The van der Waals surface area contributed by atoms with Crippen LogP contribution in [-0.4, -0.2) is 9.97 Å². The Morgan fingerprint density at radius 2 is 2.23 bits per heavy atom. The predicted octanol–water partition coefficient (Wildman–Crippen LogP) is 1.53. The van der Waals surface area contributed by atoms with Crippen LogP contribution in [0.2, 0.25) is 0 Å². The number of rotatable bonds is 0.